The van der Waals surface area contributed by atoms with Crippen LogP contribution in [0.4, 0.5) is 8.78 Å². The molecule has 2 aromatic carbocycles. The maximum absolute atomic E-state index is 13.5. The van der Waals surface area contributed by atoms with Gasteiger partial charge in [-0.25, -0.2) is 17.2 Å². The normalized spacial score (nSPS) is 15.9. The van der Waals surface area contributed by atoms with Crippen LogP contribution in [-0.2, 0) is 10.0 Å². The number of hydrogen-bond acceptors (Lipinski definition) is 3. The Hall–Kier alpha value is -1.84. The van der Waals surface area contributed by atoms with Crippen molar-refractivity contribution in [2.24, 2.45) is 0 Å². The summed E-state index contributed by atoms with van der Waals surface area (Å²) in [5.74, 6) is -1.53. The van der Waals surface area contributed by atoms with Crippen LogP contribution in [0.2, 0.25) is 0 Å². The summed E-state index contributed by atoms with van der Waals surface area (Å²) in [7, 11) is -3.82. The van der Waals surface area contributed by atoms with Crippen molar-refractivity contribution in [3.8, 4) is 0 Å². The summed E-state index contributed by atoms with van der Waals surface area (Å²) in [4.78, 5) is 13.8. The van der Waals surface area contributed by atoms with E-state index in [1.807, 2.05) is 0 Å². The summed E-state index contributed by atoms with van der Waals surface area (Å²) >= 11 is 3.14. The van der Waals surface area contributed by atoms with E-state index in [1.54, 1.807) is 0 Å². The number of rotatable bonds is 3. The Morgan fingerprint density at radius 1 is 0.962 bits per heavy atom. The van der Waals surface area contributed by atoms with Gasteiger partial charge in [0.05, 0.1) is 4.90 Å². The monoisotopic (exact) mass is 444 g/mol. The Balaban J connectivity index is 1.72. The van der Waals surface area contributed by atoms with Crippen LogP contribution in [0.15, 0.2) is 51.8 Å². The number of carbonyl (C=O) groups excluding carboxylic acids is 1. The number of amides is 1. The van der Waals surface area contributed by atoms with Crippen molar-refractivity contribution < 1.29 is 22.0 Å². The predicted molar refractivity (Wildman–Crippen MR) is 95.2 cm³/mol. The molecule has 0 spiro atoms. The van der Waals surface area contributed by atoms with Gasteiger partial charge in [0, 0.05) is 36.2 Å². The molecule has 3 rings (SSSR count). The molecule has 1 amide bonds. The number of hydrogen-bond donors (Lipinski definition) is 0. The Labute approximate surface area is 158 Å². The lowest BCUT2D eigenvalue weighted by Gasteiger charge is -2.34. The van der Waals surface area contributed by atoms with E-state index in [9.17, 15) is 22.0 Å². The highest BCUT2D eigenvalue weighted by atomic mass is 79.9. The minimum atomic E-state index is -3.82. The maximum atomic E-state index is 13.5. The van der Waals surface area contributed by atoms with Crippen LogP contribution in [0.3, 0.4) is 0 Å². The summed E-state index contributed by atoms with van der Waals surface area (Å²) in [6, 6.07) is 8.72. The molecular formula is C17H15BrF2N2O3S. The van der Waals surface area contributed by atoms with E-state index in [2.05, 4.69) is 15.9 Å². The fourth-order valence-electron chi connectivity index (χ4n) is 2.77. The van der Waals surface area contributed by atoms with Crippen molar-refractivity contribution in [3.05, 3.63) is 64.1 Å². The van der Waals surface area contributed by atoms with Crippen LogP contribution in [0, 0.1) is 11.6 Å². The Bertz CT molecular complexity index is 925. The number of piperazine rings is 1. The van der Waals surface area contributed by atoms with Crippen LogP contribution in [-0.4, -0.2) is 49.7 Å². The second-order valence-electron chi connectivity index (χ2n) is 5.81. The first-order chi connectivity index (χ1) is 12.3. The molecule has 0 aliphatic carbocycles. The molecule has 1 aliphatic heterocycles. The Morgan fingerprint density at radius 3 is 2.27 bits per heavy atom. The molecule has 0 bridgehead atoms. The molecule has 0 radical (unpaired) electrons. The molecule has 0 atom stereocenters. The molecule has 0 N–H and O–H groups in total. The number of sulfonamides is 1. The Kier molecular flexibility index (Phi) is 5.40. The van der Waals surface area contributed by atoms with Gasteiger partial charge < -0.3 is 4.90 Å². The largest absolute Gasteiger partial charge is 0.336 e. The minimum absolute atomic E-state index is 0.0844. The van der Waals surface area contributed by atoms with Gasteiger partial charge in [-0.05, 0) is 36.4 Å². The lowest BCUT2D eigenvalue weighted by molar-refractivity contribution is 0.0697. The third-order valence-electron chi connectivity index (χ3n) is 4.07. The highest BCUT2D eigenvalue weighted by Gasteiger charge is 2.30. The SMILES string of the molecule is O=C(c1cc(F)cc(Br)c1)N1CCN(S(=O)(=O)c2cccc(F)c2)CC1. The maximum Gasteiger partial charge on any atom is 0.254 e. The second-order valence-corrected chi connectivity index (χ2v) is 8.67. The molecule has 0 aromatic heterocycles. The molecule has 138 valence electrons. The van der Waals surface area contributed by atoms with Gasteiger partial charge >= 0.3 is 0 Å². The summed E-state index contributed by atoms with van der Waals surface area (Å²) in [5, 5.41) is 0. The van der Waals surface area contributed by atoms with Crippen LogP contribution < -0.4 is 0 Å². The van der Waals surface area contributed by atoms with Crippen molar-refractivity contribution in [1.82, 2.24) is 9.21 Å². The molecule has 1 heterocycles. The third kappa shape index (κ3) is 3.94. The van der Waals surface area contributed by atoms with E-state index in [0.717, 1.165) is 12.1 Å². The molecule has 26 heavy (non-hydrogen) atoms. The van der Waals surface area contributed by atoms with Crippen LogP contribution in [0.5, 0.6) is 0 Å². The third-order valence-corrected chi connectivity index (χ3v) is 6.42. The summed E-state index contributed by atoms with van der Waals surface area (Å²) in [5.41, 5.74) is 0.193. The van der Waals surface area contributed by atoms with Crippen LogP contribution in [0.25, 0.3) is 0 Å². The van der Waals surface area contributed by atoms with Crippen LogP contribution >= 0.6 is 15.9 Å². The number of nitrogens with zero attached hydrogens (tertiary/aromatic N) is 2. The zero-order valence-electron chi connectivity index (χ0n) is 13.5. The average molecular weight is 445 g/mol. The molecule has 2 aromatic rings. The Morgan fingerprint density at radius 2 is 1.65 bits per heavy atom. The first-order valence-corrected chi connectivity index (χ1v) is 10.0. The van der Waals surface area contributed by atoms with Crippen molar-refractivity contribution >= 4 is 31.9 Å². The van der Waals surface area contributed by atoms with E-state index in [0.29, 0.717) is 4.47 Å². The van der Waals surface area contributed by atoms with E-state index >= 15 is 0 Å². The van der Waals surface area contributed by atoms with Crippen molar-refractivity contribution in [2.75, 3.05) is 26.2 Å². The van der Waals surface area contributed by atoms with Gasteiger partial charge in [-0.3, -0.25) is 4.79 Å². The first-order valence-electron chi connectivity index (χ1n) is 7.78. The summed E-state index contributed by atoms with van der Waals surface area (Å²) < 4.78 is 53.6. The quantitative estimate of drug-likeness (QED) is 0.731. The number of halogens is 3. The van der Waals surface area contributed by atoms with E-state index in [4.69, 9.17) is 0 Å². The molecule has 0 saturated carbocycles. The molecule has 1 saturated heterocycles. The topological polar surface area (TPSA) is 57.7 Å². The molecule has 5 nitrogen and oxygen atoms in total. The molecule has 9 heteroatoms. The summed E-state index contributed by atoms with van der Waals surface area (Å²) in [6.07, 6.45) is 0. The van der Waals surface area contributed by atoms with E-state index < -0.39 is 21.7 Å². The van der Waals surface area contributed by atoms with E-state index in [1.165, 1.54) is 39.5 Å². The van der Waals surface area contributed by atoms with Gasteiger partial charge in [-0.2, -0.15) is 4.31 Å². The van der Waals surface area contributed by atoms with Gasteiger partial charge in [0.1, 0.15) is 11.6 Å². The highest BCUT2D eigenvalue weighted by molar-refractivity contribution is 9.10. The zero-order valence-corrected chi connectivity index (χ0v) is 15.9. The average Bonchev–Trinajstić information content (AvgIpc) is 2.60. The predicted octanol–water partition coefficient (Wildman–Crippen LogP) is 2.87. The first kappa shape index (κ1) is 18.9. The van der Waals surface area contributed by atoms with Crippen LogP contribution in [0.1, 0.15) is 10.4 Å². The van der Waals surface area contributed by atoms with Gasteiger partial charge in [0.25, 0.3) is 5.91 Å². The lowest BCUT2D eigenvalue weighted by Crippen LogP contribution is -2.50. The smallest absolute Gasteiger partial charge is 0.254 e. The molecular weight excluding hydrogens is 430 g/mol. The van der Waals surface area contributed by atoms with Gasteiger partial charge in [-0.1, -0.05) is 22.0 Å². The van der Waals surface area contributed by atoms with Crippen molar-refractivity contribution in [1.29, 1.82) is 0 Å². The van der Waals surface area contributed by atoms with E-state index in [-0.39, 0.29) is 42.5 Å². The molecule has 0 unspecified atom stereocenters. The highest BCUT2D eigenvalue weighted by Crippen LogP contribution is 2.21. The number of benzene rings is 2. The second kappa shape index (κ2) is 7.42. The molecule has 1 fully saturated rings. The van der Waals surface area contributed by atoms with Gasteiger partial charge in [0.2, 0.25) is 10.0 Å². The fraction of sp³-hybridized carbons (Fsp3) is 0.235. The van der Waals surface area contributed by atoms with Crippen molar-refractivity contribution in [2.45, 2.75) is 4.90 Å². The lowest BCUT2D eigenvalue weighted by atomic mass is 10.2. The van der Waals surface area contributed by atoms with Gasteiger partial charge in [-0.15, -0.1) is 0 Å². The standard InChI is InChI=1S/C17H15BrF2N2O3S/c18-13-8-12(9-15(20)10-13)17(23)21-4-6-22(7-5-21)26(24,25)16-3-1-2-14(19)11-16/h1-3,8-11H,4-7H2. The summed E-state index contributed by atoms with van der Waals surface area (Å²) in [6.45, 7) is 0.505. The molecule has 1 aliphatic rings. The van der Waals surface area contributed by atoms with Gasteiger partial charge in [0.15, 0.2) is 0 Å². The number of carbonyl (C=O) groups is 1. The minimum Gasteiger partial charge on any atom is -0.336 e. The zero-order chi connectivity index (χ0) is 18.9. The fourth-order valence-corrected chi connectivity index (χ4v) is 4.69. The van der Waals surface area contributed by atoms with Crippen molar-refractivity contribution in [3.63, 3.8) is 0 Å².